The second-order valence-electron chi connectivity index (χ2n) is 5.19. The van der Waals surface area contributed by atoms with Gasteiger partial charge in [-0.15, -0.1) is 10.2 Å². The minimum atomic E-state index is -0.234. The normalized spacial score (nSPS) is 11.6. The number of aromatic amines is 1. The van der Waals surface area contributed by atoms with E-state index in [1.807, 2.05) is 13.2 Å². The lowest BCUT2D eigenvalue weighted by Gasteiger charge is -2.06. The SMILES string of the molecule is CCc1nc(-n2ccc3c(c(C)nc4nc(SC)nn43)c2=O)n[nH]1. The number of aromatic nitrogens is 8. The van der Waals surface area contributed by atoms with E-state index in [-0.39, 0.29) is 5.56 Å². The molecule has 0 saturated heterocycles. The molecule has 1 N–H and O–H groups in total. The molecule has 0 radical (unpaired) electrons. The van der Waals surface area contributed by atoms with Crippen LogP contribution in [0.5, 0.6) is 0 Å². The Hall–Kier alpha value is -2.75. The van der Waals surface area contributed by atoms with Gasteiger partial charge in [0.25, 0.3) is 17.3 Å². The Balaban J connectivity index is 2.03. The first kappa shape index (κ1) is 14.8. The highest BCUT2D eigenvalue weighted by Gasteiger charge is 2.16. The number of hydrogen-bond acceptors (Lipinski definition) is 7. The van der Waals surface area contributed by atoms with Crippen LogP contribution >= 0.6 is 11.8 Å². The van der Waals surface area contributed by atoms with E-state index >= 15 is 0 Å². The van der Waals surface area contributed by atoms with Gasteiger partial charge >= 0.3 is 0 Å². The number of pyridine rings is 1. The number of aryl methyl sites for hydroxylation is 2. The van der Waals surface area contributed by atoms with E-state index in [0.717, 1.165) is 5.82 Å². The first-order chi connectivity index (χ1) is 11.6. The van der Waals surface area contributed by atoms with Crippen molar-refractivity contribution in [3.05, 3.63) is 34.1 Å². The van der Waals surface area contributed by atoms with Crippen LogP contribution in [0.2, 0.25) is 0 Å². The Morgan fingerprint density at radius 3 is 2.83 bits per heavy atom. The fourth-order valence-electron chi connectivity index (χ4n) is 2.56. The predicted molar refractivity (Wildman–Crippen MR) is 89.7 cm³/mol. The molecule has 4 aromatic rings. The van der Waals surface area contributed by atoms with Gasteiger partial charge in [0.1, 0.15) is 5.82 Å². The molecule has 0 aliphatic heterocycles. The molecule has 0 saturated carbocycles. The maximum Gasteiger partial charge on any atom is 0.268 e. The molecule has 24 heavy (non-hydrogen) atoms. The number of rotatable bonds is 3. The molecule has 0 aliphatic rings. The zero-order valence-corrected chi connectivity index (χ0v) is 14.1. The smallest absolute Gasteiger partial charge is 0.268 e. The first-order valence-corrected chi connectivity index (χ1v) is 8.59. The molecule has 0 unspecified atom stereocenters. The molecule has 0 fully saturated rings. The van der Waals surface area contributed by atoms with E-state index in [9.17, 15) is 4.79 Å². The molecule has 0 spiro atoms. The third-order valence-corrected chi connectivity index (χ3v) is 4.29. The summed E-state index contributed by atoms with van der Waals surface area (Å²) < 4.78 is 3.00. The number of hydrogen-bond donors (Lipinski definition) is 1. The predicted octanol–water partition coefficient (Wildman–Crippen LogP) is 1.14. The number of H-pyrrole nitrogens is 1. The van der Waals surface area contributed by atoms with Gasteiger partial charge in [0.2, 0.25) is 5.16 Å². The summed E-state index contributed by atoms with van der Waals surface area (Å²) in [5.74, 6) is 1.53. The van der Waals surface area contributed by atoms with Crippen molar-refractivity contribution < 1.29 is 0 Å². The number of nitrogens with one attached hydrogen (secondary N) is 1. The molecule has 0 aromatic carbocycles. The van der Waals surface area contributed by atoms with E-state index in [1.165, 1.54) is 16.3 Å². The summed E-state index contributed by atoms with van der Waals surface area (Å²) in [4.78, 5) is 26.0. The molecule has 0 amide bonds. The zero-order chi connectivity index (χ0) is 16.8. The van der Waals surface area contributed by atoms with Crippen molar-refractivity contribution in [2.45, 2.75) is 25.4 Å². The van der Waals surface area contributed by atoms with Crippen LogP contribution in [-0.2, 0) is 6.42 Å². The Labute approximate surface area is 140 Å². The van der Waals surface area contributed by atoms with Gasteiger partial charge in [0, 0.05) is 12.6 Å². The molecule has 4 aromatic heterocycles. The lowest BCUT2D eigenvalue weighted by atomic mass is 10.2. The Morgan fingerprint density at radius 1 is 1.29 bits per heavy atom. The Kier molecular flexibility index (Phi) is 3.34. The molecule has 122 valence electrons. The van der Waals surface area contributed by atoms with Crippen LogP contribution in [0.25, 0.3) is 22.6 Å². The molecule has 0 aliphatic carbocycles. The molecular formula is C14H14N8OS. The first-order valence-electron chi connectivity index (χ1n) is 7.36. The summed E-state index contributed by atoms with van der Waals surface area (Å²) in [5.41, 5.74) is 1.03. The van der Waals surface area contributed by atoms with E-state index in [4.69, 9.17) is 0 Å². The Bertz CT molecular complexity index is 1130. The Morgan fingerprint density at radius 2 is 2.12 bits per heavy atom. The van der Waals surface area contributed by atoms with Gasteiger partial charge in [-0.1, -0.05) is 18.7 Å². The van der Waals surface area contributed by atoms with Crippen molar-refractivity contribution >= 4 is 28.4 Å². The lowest BCUT2D eigenvalue weighted by Crippen LogP contribution is -2.21. The van der Waals surface area contributed by atoms with Gasteiger partial charge in [-0.3, -0.25) is 9.89 Å². The highest BCUT2D eigenvalue weighted by Crippen LogP contribution is 2.17. The number of nitrogens with zero attached hydrogens (tertiary/aromatic N) is 7. The fraction of sp³-hybridized carbons (Fsp3) is 0.286. The van der Waals surface area contributed by atoms with Gasteiger partial charge in [0.05, 0.1) is 16.6 Å². The van der Waals surface area contributed by atoms with Crippen LogP contribution in [0.4, 0.5) is 0 Å². The van der Waals surface area contributed by atoms with Crippen LogP contribution in [0.1, 0.15) is 18.4 Å². The third-order valence-electron chi connectivity index (χ3n) is 3.75. The van der Waals surface area contributed by atoms with Crippen LogP contribution < -0.4 is 5.56 Å². The quantitative estimate of drug-likeness (QED) is 0.556. The zero-order valence-electron chi connectivity index (χ0n) is 13.3. The number of thioether (sulfide) groups is 1. The van der Waals surface area contributed by atoms with Crippen LogP contribution in [0.15, 0.2) is 22.2 Å². The summed E-state index contributed by atoms with van der Waals surface area (Å²) in [7, 11) is 0. The van der Waals surface area contributed by atoms with Crippen molar-refractivity contribution in [1.82, 2.24) is 39.3 Å². The molecule has 0 bridgehead atoms. The largest absolute Gasteiger partial charge is 0.268 e. The van der Waals surface area contributed by atoms with Crippen LogP contribution in [-0.4, -0.2) is 45.6 Å². The molecule has 9 nitrogen and oxygen atoms in total. The highest BCUT2D eigenvalue weighted by molar-refractivity contribution is 7.98. The minimum absolute atomic E-state index is 0.234. The summed E-state index contributed by atoms with van der Waals surface area (Å²) in [6.07, 6.45) is 4.25. The van der Waals surface area contributed by atoms with E-state index in [0.29, 0.717) is 39.9 Å². The third kappa shape index (κ3) is 2.10. The average Bonchev–Trinajstić information content (AvgIpc) is 3.21. The second-order valence-corrected chi connectivity index (χ2v) is 5.97. The maximum absolute atomic E-state index is 12.9. The molecule has 4 heterocycles. The van der Waals surface area contributed by atoms with Gasteiger partial charge in [-0.25, -0.2) is 9.55 Å². The highest BCUT2D eigenvalue weighted by atomic mass is 32.2. The van der Waals surface area contributed by atoms with Crippen LogP contribution in [0.3, 0.4) is 0 Å². The maximum atomic E-state index is 12.9. The molecule has 4 rings (SSSR count). The topological polar surface area (TPSA) is 107 Å². The van der Waals surface area contributed by atoms with Crippen molar-refractivity contribution in [3.63, 3.8) is 0 Å². The molecular weight excluding hydrogens is 328 g/mol. The minimum Gasteiger partial charge on any atom is -0.268 e. The van der Waals surface area contributed by atoms with E-state index < -0.39 is 0 Å². The standard InChI is InChI=1S/C14H14N8OS/c1-4-9-16-13(19-18-9)21-6-5-8-10(11(21)23)7(2)15-12-17-14(24-3)20-22(8)12/h5-6H,4H2,1-3H3,(H,16,18,19). The van der Waals surface area contributed by atoms with Gasteiger partial charge in [0.15, 0.2) is 0 Å². The van der Waals surface area contributed by atoms with Gasteiger partial charge in [-0.05, 0) is 19.2 Å². The van der Waals surface area contributed by atoms with Crippen molar-refractivity contribution in [3.8, 4) is 5.95 Å². The van der Waals surface area contributed by atoms with E-state index in [2.05, 4.69) is 30.2 Å². The van der Waals surface area contributed by atoms with Gasteiger partial charge < -0.3 is 0 Å². The van der Waals surface area contributed by atoms with Crippen molar-refractivity contribution in [2.24, 2.45) is 0 Å². The fourth-order valence-corrected chi connectivity index (χ4v) is 2.90. The van der Waals surface area contributed by atoms with Crippen molar-refractivity contribution in [2.75, 3.05) is 6.26 Å². The molecule has 10 heteroatoms. The second kappa shape index (κ2) is 5.41. The van der Waals surface area contributed by atoms with E-state index in [1.54, 1.807) is 23.7 Å². The summed E-state index contributed by atoms with van der Waals surface area (Å²) >= 11 is 1.43. The van der Waals surface area contributed by atoms with Gasteiger partial charge in [-0.2, -0.15) is 14.5 Å². The average molecular weight is 342 g/mol. The summed E-state index contributed by atoms with van der Waals surface area (Å²) in [5, 5.41) is 12.4. The number of fused-ring (bicyclic) bond motifs is 3. The summed E-state index contributed by atoms with van der Waals surface area (Å²) in [6.45, 7) is 3.75. The monoisotopic (exact) mass is 342 g/mol. The van der Waals surface area contributed by atoms with Crippen LogP contribution in [0, 0.1) is 6.92 Å². The summed E-state index contributed by atoms with van der Waals surface area (Å²) in [6, 6.07) is 1.80. The molecule has 0 atom stereocenters. The lowest BCUT2D eigenvalue weighted by molar-refractivity contribution is 0.880. The van der Waals surface area contributed by atoms with Crippen molar-refractivity contribution in [1.29, 1.82) is 0 Å².